The van der Waals surface area contributed by atoms with E-state index < -0.39 is 0 Å². The molecule has 0 saturated heterocycles. The lowest BCUT2D eigenvalue weighted by Crippen LogP contribution is -2.14. The summed E-state index contributed by atoms with van der Waals surface area (Å²) >= 11 is 0. The first-order chi connectivity index (χ1) is 14.7. The van der Waals surface area contributed by atoms with Gasteiger partial charge < -0.3 is 14.8 Å². The number of aromatic nitrogens is 2. The fraction of sp³-hybridized carbons (Fsp3) is 0.167. The zero-order valence-corrected chi connectivity index (χ0v) is 17.0. The maximum absolute atomic E-state index is 12.6. The van der Waals surface area contributed by atoms with Gasteiger partial charge in [-0.2, -0.15) is 0 Å². The second-order valence-electron chi connectivity index (χ2n) is 6.81. The smallest absolute Gasteiger partial charge is 0.224 e. The second-order valence-corrected chi connectivity index (χ2v) is 6.81. The summed E-state index contributed by atoms with van der Waals surface area (Å²) in [5, 5.41) is 2.92. The van der Waals surface area contributed by atoms with E-state index in [-0.39, 0.29) is 5.91 Å². The average Bonchev–Trinajstić information content (AvgIpc) is 3.16. The topological polar surface area (TPSA) is 65.4 Å². The first-order valence-electron chi connectivity index (χ1n) is 9.73. The average molecular weight is 401 g/mol. The lowest BCUT2D eigenvalue weighted by Gasteiger charge is -2.11. The fourth-order valence-corrected chi connectivity index (χ4v) is 3.47. The van der Waals surface area contributed by atoms with E-state index in [1.165, 1.54) is 0 Å². The van der Waals surface area contributed by atoms with Crippen molar-refractivity contribution in [1.82, 2.24) is 9.55 Å². The third kappa shape index (κ3) is 3.98. The Balaban J connectivity index is 1.53. The summed E-state index contributed by atoms with van der Waals surface area (Å²) in [6.45, 7) is 0. The summed E-state index contributed by atoms with van der Waals surface area (Å²) in [4.78, 5) is 17.3. The van der Waals surface area contributed by atoms with E-state index in [1.807, 2.05) is 54.6 Å². The Hall–Kier alpha value is -3.80. The lowest BCUT2D eigenvalue weighted by molar-refractivity contribution is -0.116. The number of anilines is 1. The zero-order valence-electron chi connectivity index (χ0n) is 17.0. The van der Waals surface area contributed by atoms with Gasteiger partial charge in [-0.15, -0.1) is 0 Å². The van der Waals surface area contributed by atoms with E-state index in [2.05, 4.69) is 9.88 Å². The number of nitrogens with zero attached hydrogens (tertiary/aromatic N) is 2. The minimum absolute atomic E-state index is 0.0890. The highest BCUT2D eigenvalue weighted by molar-refractivity contribution is 5.91. The number of carbonyl (C=O) groups is 1. The molecule has 6 heteroatoms. The number of hydrogen-bond donors (Lipinski definition) is 1. The van der Waals surface area contributed by atoms with Gasteiger partial charge in [-0.3, -0.25) is 9.36 Å². The predicted octanol–water partition coefficient (Wildman–Crippen LogP) is 4.61. The van der Waals surface area contributed by atoms with Crippen LogP contribution < -0.4 is 14.8 Å². The number of nitrogens with one attached hydrogen (secondary N) is 1. The van der Waals surface area contributed by atoms with Crippen LogP contribution in [0, 0.1) is 0 Å². The molecule has 4 rings (SSSR count). The monoisotopic (exact) mass is 401 g/mol. The molecule has 1 aromatic heterocycles. The number of methoxy groups -OCH3 is 2. The van der Waals surface area contributed by atoms with Gasteiger partial charge in [-0.05, 0) is 36.4 Å². The molecule has 4 aromatic rings. The van der Waals surface area contributed by atoms with Crippen LogP contribution in [0.5, 0.6) is 11.5 Å². The molecule has 0 bridgehead atoms. The molecule has 0 atom stereocenters. The number of benzene rings is 3. The zero-order chi connectivity index (χ0) is 20.9. The van der Waals surface area contributed by atoms with Crippen LogP contribution in [0.1, 0.15) is 12.2 Å². The van der Waals surface area contributed by atoms with Crippen molar-refractivity contribution in [1.29, 1.82) is 0 Å². The number of imidazole rings is 1. The van der Waals surface area contributed by atoms with Gasteiger partial charge in [0.1, 0.15) is 5.82 Å². The van der Waals surface area contributed by atoms with Crippen molar-refractivity contribution in [2.24, 2.45) is 0 Å². The molecule has 152 valence electrons. The molecular weight excluding hydrogens is 378 g/mol. The van der Waals surface area contributed by atoms with E-state index in [1.54, 1.807) is 32.4 Å². The number of fused-ring (bicyclic) bond motifs is 1. The second kappa shape index (κ2) is 8.69. The Morgan fingerprint density at radius 1 is 0.933 bits per heavy atom. The molecule has 0 aliphatic rings. The Bertz CT molecular complexity index is 1170. The van der Waals surface area contributed by atoms with Gasteiger partial charge in [0.05, 0.1) is 25.3 Å². The summed E-state index contributed by atoms with van der Waals surface area (Å²) < 4.78 is 12.6. The van der Waals surface area contributed by atoms with Crippen molar-refractivity contribution in [3.63, 3.8) is 0 Å². The van der Waals surface area contributed by atoms with Crippen molar-refractivity contribution in [2.45, 2.75) is 12.8 Å². The van der Waals surface area contributed by atoms with Crippen molar-refractivity contribution in [3.8, 4) is 17.2 Å². The van der Waals surface area contributed by atoms with Crippen molar-refractivity contribution in [2.75, 3.05) is 19.5 Å². The van der Waals surface area contributed by atoms with Crippen LogP contribution >= 0.6 is 0 Å². The van der Waals surface area contributed by atoms with Gasteiger partial charge in [0, 0.05) is 30.3 Å². The molecule has 30 heavy (non-hydrogen) atoms. The highest BCUT2D eigenvalue weighted by atomic mass is 16.5. The molecule has 0 spiro atoms. The summed E-state index contributed by atoms with van der Waals surface area (Å²) in [5.74, 6) is 1.95. The molecule has 1 amide bonds. The Morgan fingerprint density at radius 3 is 2.43 bits per heavy atom. The van der Waals surface area contributed by atoms with Gasteiger partial charge >= 0.3 is 0 Å². The quantitative estimate of drug-likeness (QED) is 0.491. The predicted molar refractivity (Wildman–Crippen MR) is 118 cm³/mol. The van der Waals surface area contributed by atoms with E-state index in [0.717, 1.165) is 22.5 Å². The van der Waals surface area contributed by atoms with Crippen LogP contribution in [0.2, 0.25) is 0 Å². The molecular formula is C24H23N3O3. The van der Waals surface area contributed by atoms with Gasteiger partial charge in [0.15, 0.2) is 11.5 Å². The third-order valence-corrected chi connectivity index (χ3v) is 4.89. The molecule has 0 saturated carbocycles. The molecule has 1 heterocycles. The number of rotatable bonds is 7. The third-order valence-electron chi connectivity index (χ3n) is 4.89. The Labute approximate surface area is 175 Å². The molecule has 0 fully saturated rings. The Morgan fingerprint density at radius 2 is 1.67 bits per heavy atom. The van der Waals surface area contributed by atoms with Crippen molar-refractivity contribution < 1.29 is 14.3 Å². The molecule has 0 aliphatic carbocycles. The van der Waals surface area contributed by atoms with E-state index in [9.17, 15) is 4.79 Å². The van der Waals surface area contributed by atoms with Crippen LogP contribution in [0.3, 0.4) is 0 Å². The van der Waals surface area contributed by atoms with Crippen LogP contribution in [0.15, 0.2) is 72.8 Å². The van der Waals surface area contributed by atoms with Gasteiger partial charge in [0.25, 0.3) is 0 Å². The van der Waals surface area contributed by atoms with Crippen LogP contribution in [0.4, 0.5) is 5.69 Å². The normalized spacial score (nSPS) is 10.7. The summed E-state index contributed by atoms with van der Waals surface area (Å²) in [6, 6.07) is 23.4. The van der Waals surface area contributed by atoms with E-state index in [4.69, 9.17) is 14.5 Å². The number of ether oxygens (including phenoxy) is 2. The number of carbonyl (C=O) groups excluding carboxylic acids is 1. The maximum Gasteiger partial charge on any atom is 0.224 e. The first kappa shape index (κ1) is 19.5. The molecule has 0 radical (unpaired) electrons. The minimum Gasteiger partial charge on any atom is -0.493 e. The molecule has 3 aromatic carbocycles. The molecule has 6 nitrogen and oxygen atoms in total. The largest absolute Gasteiger partial charge is 0.493 e. The molecule has 1 N–H and O–H groups in total. The summed E-state index contributed by atoms with van der Waals surface area (Å²) in [5.41, 5.74) is 3.63. The molecule has 0 aliphatic heterocycles. The first-order valence-corrected chi connectivity index (χ1v) is 9.73. The van der Waals surface area contributed by atoms with E-state index in [0.29, 0.717) is 30.0 Å². The number of hydrogen-bond acceptors (Lipinski definition) is 4. The fourth-order valence-electron chi connectivity index (χ4n) is 3.47. The maximum atomic E-state index is 12.6. The lowest BCUT2D eigenvalue weighted by atomic mass is 10.2. The van der Waals surface area contributed by atoms with Crippen molar-refractivity contribution >= 4 is 22.6 Å². The van der Waals surface area contributed by atoms with Gasteiger partial charge in [-0.25, -0.2) is 4.98 Å². The van der Waals surface area contributed by atoms with Gasteiger partial charge in [-0.1, -0.05) is 30.3 Å². The van der Waals surface area contributed by atoms with Crippen LogP contribution in [-0.4, -0.2) is 29.7 Å². The standard InChI is InChI=1S/C24H23N3O3/c1-29-21-13-12-17(16-22(21)30-2)25-24(28)15-14-23-26-19-10-6-7-11-20(19)27(23)18-8-4-3-5-9-18/h3-13,16H,14-15H2,1-2H3,(H,25,28). The van der Waals surface area contributed by atoms with Crippen LogP contribution in [0.25, 0.3) is 16.7 Å². The summed E-state index contributed by atoms with van der Waals surface area (Å²) in [7, 11) is 3.15. The van der Waals surface area contributed by atoms with Crippen molar-refractivity contribution in [3.05, 3.63) is 78.6 Å². The minimum atomic E-state index is -0.0890. The Kier molecular flexibility index (Phi) is 5.66. The SMILES string of the molecule is COc1ccc(NC(=O)CCc2nc3ccccc3n2-c2ccccc2)cc1OC. The number of para-hydroxylation sites is 3. The summed E-state index contributed by atoms with van der Waals surface area (Å²) in [6.07, 6.45) is 0.827. The van der Waals surface area contributed by atoms with E-state index >= 15 is 0 Å². The number of aryl methyl sites for hydroxylation is 1. The van der Waals surface area contributed by atoms with Crippen LogP contribution in [-0.2, 0) is 11.2 Å². The van der Waals surface area contributed by atoms with Gasteiger partial charge in [0.2, 0.25) is 5.91 Å². The molecule has 0 unspecified atom stereocenters. The number of amides is 1. The highest BCUT2D eigenvalue weighted by Gasteiger charge is 2.14. The highest BCUT2D eigenvalue weighted by Crippen LogP contribution is 2.30.